The number of hydrogen-bond donors (Lipinski definition) is 1. The number of aryl methyl sites for hydroxylation is 1. The number of nitrogens with one attached hydrogen (secondary N) is 1. The van der Waals surface area contributed by atoms with E-state index in [1.54, 1.807) is 6.07 Å². The van der Waals surface area contributed by atoms with Gasteiger partial charge in [-0.05, 0) is 57.2 Å². The Labute approximate surface area is 155 Å². The molecule has 0 atom stereocenters. The zero-order chi connectivity index (χ0) is 18.8. The van der Waals surface area contributed by atoms with Crippen molar-refractivity contribution in [2.24, 2.45) is 0 Å². The van der Waals surface area contributed by atoms with E-state index in [0.29, 0.717) is 5.69 Å². The molecule has 0 amide bonds. The van der Waals surface area contributed by atoms with Crippen LogP contribution >= 0.6 is 11.6 Å². The SMILES string of the molecule is Cc1cc(Nc2ccc(Cl)c([N+](=O)[O-])c2)c2cc(OC(C)C)ccc2n1. The highest BCUT2D eigenvalue weighted by atomic mass is 35.5. The molecule has 2 aromatic carbocycles. The van der Waals surface area contributed by atoms with Gasteiger partial charge < -0.3 is 10.1 Å². The van der Waals surface area contributed by atoms with Crippen LogP contribution in [-0.4, -0.2) is 16.0 Å². The van der Waals surface area contributed by atoms with Crippen LogP contribution in [0, 0.1) is 17.0 Å². The summed E-state index contributed by atoms with van der Waals surface area (Å²) < 4.78 is 5.76. The molecule has 0 aliphatic carbocycles. The van der Waals surface area contributed by atoms with Gasteiger partial charge in [-0.15, -0.1) is 0 Å². The highest BCUT2D eigenvalue weighted by molar-refractivity contribution is 6.32. The number of benzene rings is 2. The van der Waals surface area contributed by atoms with Crippen LogP contribution in [0.2, 0.25) is 5.02 Å². The molecular formula is C19H18ClN3O3. The molecule has 0 saturated heterocycles. The van der Waals surface area contributed by atoms with Gasteiger partial charge in [0.25, 0.3) is 5.69 Å². The van der Waals surface area contributed by atoms with Crippen molar-refractivity contribution in [1.29, 1.82) is 0 Å². The number of pyridine rings is 1. The summed E-state index contributed by atoms with van der Waals surface area (Å²) in [5.41, 5.74) is 2.87. The summed E-state index contributed by atoms with van der Waals surface area (Å²) in [7, 11) is 0. The molecule has 0 unspecified atom stereocenters. The Balaban J connectivity index is 2.06. The summed E-state index contributed by atoms with van der Waals surface area (Å²) in [6.07, 6.45) is 0.0566. The van der Waals surface area contributed by atoms with Crippen molar-refractivity contribution in [1.82, 2.24) is 4.98 Å². The maximum Gasteiger partial charge on any atom is 0.289 e. The van der Waals surface area contributed by atoms with E-state index in [1.165, 1.54) is 12.1 Å². The van der Waals surface area contributed by atoms with E-state index in [0.717, 1.165) is 28.0 Å². The molecule has 0 fully saturated rings. The van der Waals surface area contributed by atoms with Crippen molar-refractivity contribution in [2.45, 2.75) is 26.9 Å². The lowest BCUT2D eigenvalue weighted by atomic mass is 10.1. The number of halogens is 1. The Bertz CT molecular complexity index is 989. The van der Waals surface area contributed by atoms with Gasteiger partial charge in [-0.3, -0.25) is 15.1 Å². The third kappa shape index (κ3) is 3.86. The third-order valence-corrected chi connectivity index (χ3v) is 4.02. The molecule has 26 heavy (non-hydrogen) atoms. The second-order valence-corrected chi connectivity index (χ2v) is 6.61. The second-order valence-electron chi connectivity index (χ2n) is 6.21. The standard InChI is InChI=1S/C19H18ClN3O3/c1-11(2)26-14-5-7-17-15(10-14)18(8-12(3)21-17)22-13-4-6-16(20)19(9-13)23(24)25/h4-11H,1-3H3,(H,21,22). The molecule has 0 aliphatic rings. The molecule has 6 nitrogen and oxygen atoms in total. The van der Waals surface area contributed by atoms with Gasteiger partial charge in [-0.2, -0.15) is 0 Å². The van der Waals surface area contributed by atoms with Gasteiger partial charge in [0.05, 0.1) is 16.5 Å². The Morgan fingerprint density at radius 1 is 1.19 bits per heavy atom. The molecule has 3 aromatic rings. The van der Waals surface area contributed by atoms with E-state index in [9.17, 15) is 10.1 Å². The molecular weight excluding hydrogens is 354 g/mol. The highest BCUT2D eigenvalue weighted by Crippen LogP contribution is 2.33. The van der Waals surface area contributed by atoms with Gasteiger partial charge in [-0.25, -0.2) is 0 Å². The van der Waals surface area contributed by atoms with Crippen molar-refractivity contribution in [3.05, 3.63) is 63.3 Å². The summed E-state index contributed by atoms with van der Waals surface area (Å²) in [6.45, 7) is 5.82. The first-order valence-electron chi connectivity index (χ1n) is 8.12. The predicted molar refractivity (Wildman–Crippen MR) is 104 cm³/mol. The van der Waals surface area contributed by atoms with Crippen LogP contribution in [0.25, 0.3) is 10.9 Å². The maximum absolute atomic E-state index is 11.1. The predicted octanol–water partition coefficient (Wildman–Crippen LogP) is 5.64. The van der Waals surface area contributed by atoms with Crippen LogP contribution in [0.4, 0.5) is 17.1 Å². The zero-order valence-corrected chi connectivity index (χ0v) is 15.4. The fraction of sp³-hybridized carbons (Fsp3) is 0.211. The highest BCUT2D eigenvalue weighted by Gasteiger charge is 2.14. The minimum absolute atomic E-state index is 0.0566. The molecule has 0 bridgehead atoms. The molecule has 0 saturated carbocycles. The quantitative estimate of drug-likeness (QED) is 0.464. The molecule has 1 heterocycles. The van der Waals surface area contributed by atoms with E-state index in [2.05, 4.69) is 10.3 Å². The fourth-order valence-corrected chi connectivity index (χ4v) is 2.86. The van der Waals surface area contributed by atoms with Crippen LogP contribution in [-0.2, 0) is 0 Å². The van der Waals surface area contributed by atoms with Gasteiger partial charge in [0.1, 0.15) is 10.8 Å². The fourth-order valence-electron chi connectivity index (χ4n) is 2.67. The first kappa shape index (κ1) is 17.9. The first-order valence-corrected chi connectivity index (χ1v) is 8.50. The summed E-state index contributed by atoms with van der Waals surface area (Å²) in [6, 6.07) is 12.2. The Morgan fingerprint density at radius 2 is 1.96 bits per heavy atom. The van der Waals surface area contributed by atoms with Gasteiger partial charge in [0.2, 0.25) is 0 Å². The summed E-state index contributed by atoms with van der Waals surface area (Å²) in [5, 5.41) is 15.3. The monoisotopic (exact) mass is 371 g/mol. The molecule has 0 radical (unpaired) electrons. The van der Waals surface area contributed by atoms with Crippen molar-refractivity contribution in [2.75, 3.05) is 5.32 Å². The smallest absolute Gasteiger partial charge is 0.289 e. The van der Waals surface area contributed by atoms with Crippen LogP contribution in [0.3, 0.4) is 0 Å². The van der Waals surface area contributed by atoms with Gasteiger partial charge >= 0.3 is 0 Å². The van der Waals surface area contributed by atoms with Crippen molar-refractivity contribution >= 4 is 39.6 Å². The normalized spacial score (nSPS) is 11.0. The van der Waals surface area contributed by atoms with E-state index < -0.39 is 4.92 Å². The lowest BCUT2D eigenvalue weighted by molar-refractivity contribution is -0.384. The number of nitro groups is 1. The summed E-state index contributed by atoms with van der Waals surface area (Å²) in [4.78, 5) is 15.1. The number of nitrogens with zero attached hydrogens (tertiary/aromatic N) is 2. The van der Waals surface area contributed by atoms with Crippen LogP contribution < -0.4 is 10.1 Å². The Morgan fingerprint density at radius 3 is 2.65 bits per heavy atom. The molecule has 1 aromatic heterocycles. The lowest BCUT2D eigenvalue weighted by Gasteiger charge is -2.14. The van der Waals surface area contributed by atoms with Crippen LogP contribution in [0.5, 0.6) is 5.75 Å². The van der Waals surface area contributed by atoms with Crippen molar-refractivity contribution in [3.63, 3.8) is 0 Å². The minimum Gasteiger partial charge on any atom is -0.491 e. The third-order valence-electron chi connectivity index (χ3n) is 3.70. The van der Waals surface area contributed by atoms with Gasteiger partial charge in [-0.1, -0.05) is 11.6 Å². The van der Waals surface area contributed by atoms with E-state index in [-0.39, 0.29) is 16.8 Å². The number of ether oxygens (including phenoxy) is 1. The number of anilines is 2. The van der Waals surface area contributed by atoms with E-state index in [4.69, 9.17) is 16.3 Å². The molecule has 1 N–H and O–H groups in total. The minimum atomic E-state index is -0.502. The van der Waals surface area contributed by atoms with Gasteiger partial charge in [0, 0.05) is 28.5 Å². The van der Waals surface area contributed by atoms with E-state index >= 15 is 0 Å². The molecule has 3 rings (SSSR count). The summed E-state index contributed by atoms with van der Waals surface area (Å²) >= 11 is 5.89. The largest absolute Gasteiger partial charge is 0.491 e. The number of nitro benzene ring substituents is 1. The number of fused-ring (bicyclic) bond motifs is 1. The topological polar surface area (TPSA) is 77.3 Å². The molecule has 0 aliphatic heterocycles. The Kier molecular flexibility index (Phi) is 4.95. The van der Waals surface area contributed by atoms with Crippen molar-refractivity contribution < 1.29 is 9.66 Å². The number of hydrogen-bond acceptors (Lipinski definition) is 5. The van der Waals surface area contributed by atoms with Gasteiger partial charge in [0.15, 0.2) is 0 Å². The van der Waals surface area contributed by atoms with Crippen LogP contribution in [0.15, 0.2) is 42.5 Å². The molecule has 0 spiro atoms. The second kappa shape index (κ2) is 7.17. The molecule has 7 heteroatoms. The van der Waals surface area contributed by atoms with Crippen molar-refractivity contribution in [3.8, 4) is 5.75 Å². The zero-order valence-electron chi connectivity index (χ0n) is 14.6. The Hall–Kier alpha value is -2.86. The number of aromatic nitrogens is 1. The van der Waals surface area contributed by atoms with Crippen LogP contribution in [0.1, 0.15) is 19.5 Å². The average molecular weight is 372 g/mol. The first-order chi connectivity index (χ1) is 12.3. The summed E-state index contributed by atoms with van der Waals surface area (Å²) in [5.74, 6) is 0.739. The van der Waals surface area contributed by atoms with E-state index in [1.807, 2.05) is 45.0 Å². The lowest BCUT2D eigenvalue weighted by Crippen LogP contribution is -2.05. The maximum atomic E-state index is 11.1. The molecule has 134 valence electrons. The number of rotatable bonds is 5. The average Bonchev–Trinajstić information content (AvgIpc) is 2.56.